The van der Waals surface area contributed by atoms with Gasteiger partial charge in [-0.25, -0.2) is 9.78 Å². The maximum Gasteiger partial charge on any atom is 0.352 e. The zero-order valence-electron chi connectivity index (χ0n) is 25.0. The van der Waals surface area contributed by atoms with Gasteiger partial charge in [0.05, 0.1) is 0 Å². The average molecular weight is 668 g/mol. The number of benzene rings is 3. The summed E-state index contributed by atoms with van der Waals surface area (Å²) in [4.78, 5) is 60.5. The quantitative estimate of drug-likeness (QED) is 0.0664. The number of thiazole rings is 1. The third kappa shape index (κ3) is 5.90. The Hall–Kier alpha value is -5.27. The summed E-state index contributed by atoms with van der Waals surface area (Å²) in [7, 11) is 1.30. The molecule has 1 aromatic heterocycles. The van der Waals surface area contributed by atoms with Crippen molar-refractivity contribution >= 4 is 58.0 Å². The van der Waals surface area contributed by atoms with Crippen molar-refractivity contribution in [1.29, 1.82) is 0 Å². The van der Waals surface area contributed by atoms with Gasteiger partial charge in [-0.2, -0.15) is 0 Å². The molecule has 2 aliphatic heterocycles. The van der Waals surface area contributed by atoms with E-state index in [1.54, 1.807) is 5.38 Å². The van der Waals surface area contributed by atoms with Gasteiger partial charge in [0.25, 0.3) is 11.8 Å². The molecule has 2 aliphatic rings. The summed E-state index contributed by atoms with van der Waals surface area (Å²) in [6.07, 6.45) is 0.518. The predicted octanol–water partition coefficient (Wildman–Crippen LogP) is 4.23. The van der Waals surface area contributed by atoms with Crippen molar-refractivity contribution < 1.29 is 29.1 Å². The van der Waals surface area contributed by atoms with E-state index in [1.807, 2.05) is 91.0 Å². The average Bonchev–Trinajstić information content (AvgIpc) is 3.57. The molecule has 0 radical (unpaired) electrons. The molecule has 3 N–H and O–H groups in total. The maximum absolute atomic E-state index is 13.6. The van der Waals surface area contributed by atoms with Crippen LogP contribution in [0.2, 0.25) is 0 Å². The van der Waals surface area contributed by atoms with Gasteiger partial charge in [0.2, 0.25) is 0 Å². The molecule has 0 bridgehead atoms. The zero-order chi connectivity index (χ0) is 33.0. The summed E-state index contributed by atoms with van der Waals surface area (Å²) < 4.78 is 0. The van der Waals surface area contributed by atoms with E-state index < -0.39 is 34.7 Å². The zero-order valence-corrected chi connectivity index (χ0v) is 26.7. The van der Waals surface area contributed by atoms with Crippen LogP contribution in [0, 0.1) is 0 Å². The number of carboxylic acid groups (broad SMARTS) is 1. The van der Waals surface area contributed by atoms with Gasteiger partial charge in [-0.05, 0) is 22.3 Å². The monoisotopic (exact) mass is 667 g/mol. The number of β-lactam (4-membered cyclic amide) rings is 1. The molecule has 0 aliphatic carbocycles. The number of aldehydes is 1. The minimum absolute atomic E-state index is 0.0902. The molecular formula is C34H29N5O6S2. The minimum atomic E-state index is -1.30. The number of nitrogens with zero attached hydrogens (tertiary/aromatic N) is 3. The minimum Gasteiger partial charge on any atom is -0.477 e. The number of anilines is 1. The Balaban J connectivity index is 1.30. The molecule has 1 fully saturated rings. The van der Waals surface area contributed by atoms with Crippen molar-refractivity contribution in [2.24, 2.45) is 5.16 Å². The van der Waals surface area contributed by atoms with Crippen LogP contribution >= 0.6 is 23.1 Å². The molecule has 13 heteroatoms. The molecule has 11 nitrogen and oxygen atoms in total. The van der Waals surface area contributed by atoms with Gasteiger partial charge in [-0.3, -0.25) is 14.5 Å². The third-order valence-electron chi connectivity index (χ3n) is 7.93. The fourth-order valence-electron chi connectivity index (χ4n) is 5.83. The smallest absolute Gasteiger partial charge is 0.352 e. The van der Waals surface area contributed by atoms with Crippen molar-refractivity contribution in [3.8, 4) is 0 Å². The van der Waals surface area contributed by atoms with Gasteiger partial charge in [-0.1, -0.05) is 96.2 Å². The Morgan fingerprint density at radius 2 is 1.60 bits per heavy atom. The highest BCUT2D eigenvalue weighted by atomic mass is 32.2. The molecule has 0 spiro atoms. The van der Waals surface area contributed by atoms with E-state index in [-0.39, 0.29) is 29.3 Å². The number of hydrogen-bond donors (Lipinski definition) is 3. The number of aliphatic carboxylic acids is 1. The molecule has 6 rings (SSSR count). The molecule has 3 aromatic carbocycles. The Morgan fingerprint density at radius 1 is 1.02 bits per heavy atom. The first-order chi connectivity index (χ1) is 22.9. The normalized spacial score (nSPS) is 17.8. The number of thioether (sulfide) groups is 1. The lowest BCUT2D eigenvalue weighted by Gasteiger charge is -2.49. The van der Waals surface area contributed by atoms with Gasteiger partial charge in [0, 0.05) is 17.6 Å². The summed E-state index contributed by atoms with van der Waals surface area (Å²) in [5.41, 5.74) is 2.29. The Morgan fingerprint density at radius 3 is 2.11 bits per heavy atom. The molecule has 238 valence electrons. The first kappa shape index (κ1) is 31.7. The van der Waals surface area contributed by atoms with Gasteiger partial charge < -0.3 is 25.4 Å². The van der Waals surface area contributed by atoms with Crippen LogP contribution in [-0.4, -0.2) is 69.1 Å². The summed E-state index contributed by atoms with van der Waals surface area (Å²) >= 11 is 2.56. The van der Waals surface area contributed by atoms with Gasteiger partial charge >= 0.3 is 5.97 Å². The van der Waals surface area contributed by atoms with Crippen molar-refractivity contribution in [2.45, 2.75) is 23.4 Å². The standard InChI is InChI=1S/C34H29N5O6S2/c1-45-38-26(29(41)36-27-30(42)39-28(32(43)44)21(17-18-40)19-46-31(27)39)25-20-47-33(35-25)37-34(22-11-5-2-6-12-22,23-13-7-3-8-14-23)24-15-9-4-10-16-24/h2-16,18,20,27,31H,17,19H2,1H3,(H,35,37)(H,36,41)(H,43,44). The molecule has 1 saturated heterocycles. The number of aromatic nitrogens is 1. The van der Waals surface area contributed by atoms with Crippen LogP contribution in [0.25, 0.3) is 0 Å². The molecule has 2 atom stereocenters. The fourth-order valence-corrected chi connectivity index (χ4v) is 7.94. The van der Waals surface area contributed by atoms with E-state index in [9.17, 15) is 24.3 Å². The van der Waals surface area contributed by atoms with Crippen LogP contribution < -0.4 is 10.6 Å². The largest absolute Gasteiger partial charge is 0.477 e. The Kier molecular flexibility index (Phi) is 9.18. The second kappa shape index (κ2) is 13.6. The Labute approximate surface area is 278 Å². The maximum atomic E-state index is 13.6. The van der Waals surface area contributed by atoms with Crippen LogP contribution in [-0.2, 0) is 29.6 Å². The first-order valence-corrected chi connectivity index (χ1v) is 16.5. The van der Waals surface area contributed by atoms with Crippen LogP contribution in [0.15, 0.2) is 113 Å². The second-order valence-electron chi connectivity index (χ2n) is 10.6. The number of rotatable bonds is 12. The molecule has 0 saturated carbocycles. The van der Waals surface area contributed by atoms with Crippen molar-refractivity contribution in [3.05, 3.63) is 130 Å². The van der Waals surface area contributed by atoms with Crippen molar-refractivity contribution in [2.75, 3.05) is 18.2 Å². The number of oxime groups is 1. The highest BCUT2D eigenvalue weighted by Gasteiger charge is 2.54. The van der Waals surface area contributed by atoms with Gasteiger partial charge in [-0.15, -0.1) is 23.1 Å². The van der Waals surface area contributed by atoms with E-state index in [0.29, 0.717) is 17.0 Å². The van der Waals surface area contributed by atoms with Crippen molar-refractivity contribution in [3.63, 3.8) is 0 Å². The lowest BCUT2D eigenvalue weighted by atomic mass is 9.77. The third-order valence-corrected chi connectivity index (χ3v) is 10.0. The summed E-state index contributed by atoms with van der Waals surface area (Å²) in [5, 5.41) is 21.6. The number of amides is 2. The van der Waals surface area contributed by atoms with Crippen LogP contribution in [0.1, 0.15) is 28.8 Å². The fraction of sp³-hybridized carbons (Fsp3) is 0.176. The van der Waals surface area contributed by atoms with E-state index >= 15 is 0 Å². The molecular weight excluding hydrogens is 639 g/mol. The molecule has 4 aromatic rings. The number of fused-ring (bicyclic) bond motifs is 1. The number of hydrogen-bond acceptors (Lipinski definition) is 10. The van der Waals surface area contributed by atoms with Crippen LogP contribution in [0.4, 0.5) is 5.13 Å². The summed E-state index contributed by atoms with van der Waals surface area (Å²) in [5.74, 6) is -2.35. The van der Waals surface area contributed by atoms with E-state index in [2.05, 4.69) is 15.8 Å². The van der Waals surface area contributed by atoms with Gasteiger partial charge in [0.15, 0.2) is 10.8 Å². The molecule has 47 heavy (non-hydrogen) atoms. The number of carbonyl (C=O) groups excluding carboxylic acids is 3. The SMILES string of the molecule is CON=C(C(=O)NC1C(=O)N2C(C(=O)O)=C(CC=O)CSC12)c1csc(NC(c2ccccc2)(c2ccccc2)c2ccccc2)n1. The first-order valence-electron chi connectivity index (χ1n) is 14.5. The second-order valence-corrected chi connectivity index (χ2v) is 12.6. The topological polar surface area (TPSA) is 150 Å². The Bertz CT molecular complexity index is 1770. The number of carboxylic acids is 1. The molecule has 2 unspecified atom stereocenters. The lowest BCUT2D eigenvalue weighted by Crippen LogP contribution is -2.71. The van der Waals surface area contributed by atoms with E-state index in [0.717, 1.165) is 21.6 Å². The van der Waals surface area contributed by atoms with E-state index in [1.165, 1.54) is 30.2 Å². The molecule has 3 heterocycles. The highest BCUT2D eigenvalue weighted by molar-refractivity contribution is 8.00. The summed E-state index contributed by atoms with van der Waals surface area (Å²) in [6.45, 7) is 0. The summed E-state index contributed by atoms with van der Waals surface area (Å²) in [6, 6.07) is 29.0. The van der Waals surface area contributed by atoms with E-state index in [4.69, 9.17) is 9.82 Å². The molecule has 2 amide bonds. The predicted molar refractivity (Wildman–Crippen MR) is 179 cm³/mol. The van der Waals surface area contributed by atoms with Crippen LogP contribution in [0.5, 0.6) is 0 Å². The number of carbonyl (C=O) groups is 4. The van der Waals surface area contributed by atoms with Crippen molar-refractivity contribution in [1.82, 2.24) is 15.2 Å². The lowest BCUT2D eigenvalue weighted by molar-refractivity contribution is -0.150. The highest BCUT2D eigenvalue weighted by Crippen LogP contribution is 2.42. The number of nitrogens with one attached hydrogen (secondary N) is 2. The van der Waals surface area contributed by atoms with Gasteiger partial charge in [0.1, 0.15) is 41.7 Å². The van der Waals surface area contributed by atoms with Crippen LogP contribution in [0.3, 0.4) is 0 Å².